The maximum atomic E-state index is 12.7. The number of carboxylic acid groups (broad SMARTS) is 1. The van der Waals surface area contributed by atoms with Gasteiger partial charge in [0.1, 0.15) is 12.1 Å². The van der Waals surface area contributed by atoms with E-state index in [1.807, 2.05) is 30.3 Å². The summed E-state index contributed by atoms with van der Waals surface area (Å²) in [5, 5.41) is 16.8. The molecular weight excluding hydrogens is 390 g/mol. The summed E-state index contributed by atoms with van der Waals surface area (Å²) in [6.45, 7) is 3.54. The van der Waals surface area contributed by atoms with Crippen molar-refractivity contribution in [2.24, 2.45) is 17.4 Å². The molecular formula is C20H31N5O5. The van der Waals surface area contributed by atoms with Gasteiger partial charge >= 0.3 is 12.0 Å². The largest absolute Gasteiger partial charge is 0.480 e. The molecule has 0 unspecified atom stereocenters. The molecule has 0 heterocycles. The molecule has 30 heavy (non-hydrogen) atoms. The number of benzene rings is 1. The minimum absolute atomic E-state index is 0.167. The Kier molecular flexibility index (Phi) is 10.3. The number of carbonyl (C=O) groups excluding carboxylic acids is 3. The summed E-state index contributed by atoms with van der Waals surface area (Å²) in [5.41, 5.74) is 11.9. The number of carbonyl (C=O) groups is 4. The molecule has 8 N–H and O–H groups in total. The monoisotopic (exact) mass is 421 g/mol. The molecule has 0 aliphatic heterocycles. The van der Waals surface area contributed by atoms with Gasteiger partial charge in [0.05, 0.1) is 6.04 Å². The van der Waals surface area contributed by atoms with Crippen LogP contribution in [-0.4, -0.2) is 53.6 Å². The smallest absolute Gasteiger partial charge is 0.326 e. The van der Waals surface area contributed by atoms with Gasteiger partial charge in [-0.25, -0.2) is 9.59 Å². The van der Waals surface area contributed by atoms with E-state index in [4.69, 9.17) is 11.5 Å². The lowest BCUT2D eigenvalue weighted by atomic mass is 10.0. The van der Waals surface area contributed by atoms with Gasteiger partial charge in [0.25, 0.3) is 0 Å². The van der Waals surface area contributed by atoms with Crippen LogP contribution >= 0.6 is 0 Å². The zero-order chi connectivity index (χ0) is 22.7. The standard InChI is InChI=1S/C20H31N5O5/c1-12(2)16(19(28)29)25-18(27)15(9-6-10-23-20(22)30)24-17(26)14(21)11-13-7-4-3-5-8-13/h3-5,7-8,12,14-16H,6,9-11,21H2,1-2H3,(H,24,26)(H,25,27)(H,28,29)(H3,22,23,30)/t14-,15-,16-/m0/s1. The molecule has 1 rings (SSSR count). The third kappa shape index (κ3) is 8.91. The average Bonchev–Trinajstić information content (AvgIpc) is 2.68. The average molecular weight is 421 g/mol. The van der Waals surface area contributed by atoms with Gasteiger partial charge in [-0.2, -0.15) is 0 Å². The number of hydrogen-bond acceptors (Lipinski definition) is 5. The summed E-state index contributed by atoms with van der Waals surface area (Å²) in [4.78, 5) is 47.4. The van der Waals surface area contributed by atoms with Gasteiger partial charge in [-0.3, -0.25) is 9.59 Å². The first kappa shape index (κ1) is 24.9. The van der Waals surface area contributed by atoms with Crippen molar-refractivity contribution in [3.63, 3.8) is 0 Å². The lowest BCUT2D eigenvalue weighted by Crippen LogP contribution is -2.55. The molecule has 1 aromatic carbocycles. The van der Waals surface area contributed by atoms with Crippen molar-refractivity contribution in [3.8, 4) is 0 Å². The highest BCUT2D eigenvalue weighted by Gasteiger charge is 2.29. The van der Waals surface area contributed by atoms with Crippen LogP contribution in [0.2, 0.25) is 0 Å². The minimum atomic E-state index is -1.17. The zero-order valence-electron chi connectivity index (χ0n) is 17.3. The molecule has 10 heteroatoms. The SMILES string of the molecule is CC(C)[C@H](NC(=O)[C@H](CCCNC(N)=O)NC(=O)[C@@H](N)Cc1ccccc1)C(=O)O. The highest BCUT2D eigenvalue weighted by Crippen LogP contribution is 2.06. The number of aliphatic carboxylic acids is 1. The number of nitrogens with one attached hydrogen (secondary N) is 3. The Bertz CT molecular complexity index is 726. The number of rotatable bonds is 12. The molecule has 0 aromatic heterocycles. The topological polar surface area (TPSA) is 177 Å². The lowest BCUT2D eigenvalue weighted by Gasteiger charge is -2.24. The van der Waals surface area contributed by atoms with Crippen molar-refractivity contribution < 1.29 is 24.3 Å². The predicted molar refractivity (Wildman–Crippen MR) is 111 cm³/mol. The molecule has 10 nitrogen and oxygen atoms in total. The van der Waals surface area contributed by atoms with E-state index in [0.717, 1.165) is 5.56 Å². The minimum Gasteiger partial charge on any atom is -0.480 e. The van der Waals surface area contributed by atoms with E-state index in [2.05, 4.69) is 16.0 Å². The Hall–Kier alpha value is -3.14. The van der Waals surface area contributed by atoms with Crippen LogP contribution in [0.3, 0.4) is 0 Å². The van der Waals surface area contributed by atoms with E-state index in [0.29, 0.717) is 6.42 Å². The fourth-order valence-electron chi connectivity index (χ4n) is 2.79. The molecule has 0 radical (unpaired) electrons. The van der Waals surface area contributed by atoms with Crippen LogP contribution in [0.1, 0.15) is 32.3 Å². The van der Waals surface area contributed by atoms with Gasteiger partial charge in [0.2, 0.25) is 11.8 Å². The third-order valence-corrected chi connectivity index (χ3v) is 4.47. The molecule has 0 aliphatic rings. The Morgan fingerprint density at radius 1 is 1.03 bits per heavy atom. The predicted octanol–water partition coefficient (Wildman–Crippen LogP) is -0.285. The molecule has 3 atom stereocenters. The van der Waals surface area contributed by atoms with Crippen molar-refractivity contribution >= 4 is 23.8 Å². The summed E-state index contributed by atoms with van der Waals surface area (Å²) >= 11 is 0. The van der Waals surface area contributed by atoms with Crippen molar-refractivity contribution in [2.45, 2.75) is 51.2 Å². The number of amides is 4. The van der Waals surface area contributed by atoms with Crippen LogP contribution < -0.4 is 27.4 Å². The van der Waals surface area contributed by atoms with Crippen LogP contribution in [0.15, 0.2) is 30.3 Å². The fourth-order valence-corrected chi connectivity index (χ4v) is 2.79. The molecule has 4 amide bonds. The third-order valence-electron chi connectivity index (χ3n) is 4.47. The summed E-state index contributed by atoms with van der Waals surface area (Å²) in [6.07, 6.45) is 0.795. The van der Waals surface area contributed by atoms with Crippen molar-refractivity contribution in [3.05, 3.63) is 35.9 Å². The molecule has 0 aliphatic carbocycles. The Balaban J connectivity index is 2.79. The van der Waals surface area contributed by atoms with E-state index in [1.54, 1.807) is 13.8 Å². The van der Waals surface area contributed by atoms with E-state index in [1.165, 1.54) is 0 Å². The maximum absolute atomic E-state index is 12.7. The fraction of sp³-hybridized carbons (Fsp3) is 0.500. The van der Waals surface area contributed by atoms with Crippen LogP contribution in [0.25, 0.3) is 0 Å². The Morgan fingerprint density at radius 2 is 1.67 bits per heavy atom. The zero-order valence-corrected chi connectivity index (χ0v) is 17.3. The number of carboxylic acids is 1. The first-order valence-electron chi connectivity index (χ1n) is 9.78. The summed E-state index contributed by atoms with van der Waals surface area (Å²) in [5.74, 6) is -2.67. The highest BCUT2D eigenvalue weighted by atomic mass is 16.4. The van der Waals surface area contributed by atoms with E-state index in [-0.39, 0.29) is 25.3 Å². The Morgan fingerprint density at radius 3 is 2.20 bits per heavy atom. The molecule has 0 spiro atoms. The van der Waals surface area contributed by atoms with Gasteiger partial charge < -0.3 is 32.5 Å². The van der Waals surface area contributed by atoms with Gasteiger partial charge in [-0.05, 0) is 30.7 Å². The maximum Gasteiger partial charge on any atom is 0.326 e. The lowest BCUT2D eigenvalue weighted by molar-refractivity contribution is -0.143. The van der Waals surface area contributed by atoms with Crippen LogP contribution in [0.4, 0.5) is 4.79 Å². The number of urea groups is 1. The quantitative estimate of drug-likeness (QED) is 0.253. The molecule has 1 aromatic rings. The first-order valence-corrected chi connectivity index (χ1v) is 9.78. The van der Waals surface area contributed by atoms with Gasteiger partial charge in [0, 0.05) is 6.54 Å². The second kappa shape index (κ2) is 12.4. The molecule has 0 fully saturated rings. The van der Waals surface area contributed by atoms with Crippen LogP contribution in [-0.2, 0) is 20.8 Å². The number of nitrogens with two attached hydrogens (primary N) is 2. The van der Waals surface area contributed by atoms with Crippen molar-refractivity contribution in [1.82, 2.24) is 16.0 Å². The summed E-state index contributed by atoms with van der Waals surface area (Å²) in [6, 6.07) is 5.51. The first-order chi connectivity index (χ1) is 14.1. The molecule has 0 saturated carbocycles. The second-order valence-electron chi connectivity index (χ2n) is 7.36. The molecule has 0 bridgehead atoms. The summed E-state index contributed by atoms with van der Waals surface area (Å²) in [7, 11) is 0. The summed E-state index contributed by atoms with van der Waals surface area (Å²) < 4.78 is 0. The Labute approximate surface area is 175 Å². The molecule has 0 saturated heterocycles. The van der Waals surface area contributed by atoms with Crippen LogP contribution in [0, 0.1) is 5.92 Å². The van der Waals surface area contributed by atoms with E-state index >= 15 is 0 Å². The van der Waals surface area contributed by atoms with E-state index < -0.39 is 41.9 Å². The van der Waals surface area contributed by atoms with Gasteiger partial charge in [-0.15, -0.1) is 0 Å². The van der Waals surface area contributed by atoms with Crippen LogP contribution in [0.5, 0.6) is 0 Å². The molecule has 166 valence electrons. The number of hydrogen-bond donors (Lipinski definition) is 6. The highest BCUT2D eigenvalue weighted by molar-refractivity contribution is 5.91. The van der Waals surface area contributed by atoms with Gasteiger partial charge in [0.15, 0.2) is 0 Å². The second-order valence-corrected chi connectivity index (χ2v) is 7.36. The normalized spacial score (nSPS) is 13.7. The van der Waals surface area contributed by atoms with Crippen molar-refractivity contribution in [2.75, 3.05) is 6.54 Å². The van der Waals surface area contributed by atoms with Gasteiger partial charge in [-0.1, -0.05) is 44.2 Å². The van der Waals surface area contributed by atoms with E-state index in [9.17, 15) is 24.3 Å². The number of primary amides is 1. The van der Waals surface area contributed by atoms with Crippen molar-refractivity contribution in [1.29, 1.82) is 0 Å².